The lowest BCUT2D eigenvalue weighted by atomic mass is 10.1. The first-order valence-corrected chi connectivity index (χ1v) is 10.8. The number of hydrogen-bond acceptors (Lipinski definition) is 5. The van der Waals surface area contributed by atoms with E-state index < -0.39 is 17.8 Å². The van der Waals surface area contributed by atoms with Crippen LogP contribution in [0.3, 0.4) is 0 Å². The zero-order valence-corrected chi connectivity index (χ0v) is 17.6. The average molecular weight is 449 g/mol. The topological polar surface area (TPSA) is 79.4 Å². The predicted molar refractivity (Wildman–Crippen MR) is 112 cm³/mol. The summed E-state index contributed by atoms with van der Waals surface area (Å²) >= 11 is 0. The highest BCUT2D eigenvalue weighted by Crippen LogP contribution is 2.31. The molecule has 2 amide bonds. The Labute approximate surface area is 184 Å². The summed E-state index contributed by atoms with van der Waals surface area (Å²) in [5.41, 5.74) is -0.104. The molecule has 1 saturated heterocycles. The van der Waals surface area contributed by atoms with Crippen molar-refractivity contribution >= 4 is 11.8 Å². The maximum Gasteiger partial charge on any atom is 0.417 e. The van der Waals surface area contributed by atoms with Gasteiger partial charge in [-0.2, -0.15) is 13.2 Å². The Morgan fingerprint density at radius 1 is 1.06 bits per heavy atom. The molecule has 0 radical (unpaired) electrons. The summed E-state index contributed by atoms with van der Waals surface area (Å²) in [6.07, 6.45) is 2.74. The third kappa shape index (κ3) is 6.56. The van der Waals surface area contributed by atoms with E-state index in [9.17, 15) is 18.0 Å². The molecule has 0 aromatic carbocycles. The van der Waals surface area contributed by atoms with Gasteiger partial charge in [0, 0.05) is 44.6 Å². The molecule has 10 heteroatoms. The number of halogens is 3. The summed E-state index contributed by atoms with van der Waals surface area (Å²) in [5, 5.41) is 5.02. The molecule has 2 N–H and O–H groups in total. The lowest BCUT2D eigenvalue weighted by Gasteiger charge is -2.31. The number of nitrogens with zero attached hydrogens (tertiary/aromatic N) is 3. The molecule has 0 bridgehead atoms. The van der Waals surface area contributed by atoms with Gasteiger partial charge in [-0.1, -0.05) is 6.07 Å². The minimum absolute atomic E-state index is 0.0283. The van der Waals surface area contributed by atoms with Crippen LogP contribution in [-0.2, 0) is 12.7 Å². The number of amides is 2. The number of piperidine rings is 1. The lowest BCUT2D eigenvalue weighted by molar-refractivity contribution is -0.137. The number of urea groups is 1. The number of alkyl halides is 3. The van der Waals surface area contributed by atoms with Gasteiger partial charge in [-0.15, -0.1) is 0 Å². The maximum atomic E-state index is 12.6. The summed E-state index contributed by atoms with van der Waals surface area (Å²) in [6, 6.07) is 4.99. The third-order valence-corrected chi connectivity index (χ3v) is 5.62. The number of likely N-dealkylation sites (tertiary alicyclic amines) is 1. The monoisotopic (exact) mass is 449 g/mol. The number of hydrogen-bond donors (Lipinski definition) is 2. The summed E-state index contributed by atoms with van der Waals surface area (Å²) in [5.74, 6) is 1.50. The lowest BCUT2D eigenvalue weighted by Crippen LogP contribution is -2.39. The fourth-order valence-corrected chi connectivity index (χ4v) is 3.61. The number of carbonyl (C=O) groups is 1. The number of pyridine rings is 2. The van der Waals surface area contributed by atoms with Gasteiger partial charge in [0.1, 0.15) is 11.9 Å². The Kier molecular flexibility index (Phi) is 6.78. The van der Waals surface area contributed by atoms with Gasteiger partial charge in [0.2, 0.25) is 5.88 Å². The van der Waals surface area contributed by atoms with Crippen molar-refractivity contribution in [1.29, 1.82) is 0 Å². The van der Waals surface area contributed by atoms with E-state index in [0.717, 1.165) is 49.5 Å². The van der Waals surface area contributed by atoms with Crippen LogP contribution in [-0.4, -0.2) is 46.6 Å². The van der Waals surface area contributed by atoms with Crippen molar-refractivity contribution < 1.29 is 22.7 Å². The first-order valence-electron chi connectivity index (χ1n) is 10.8. The molecular formula is C22H26F3N5O2. The van der Waals surface area contributed by atoms with Gasteiger partial charge in [-0.25, -0.2) is 14.8 Å². The molecule has 2 aromatic heterocycles. The van der Waals surface area contributed by atoms with E-state index in [1.54, 1.807) is 12.3 Å². The molecule has 4 rings (SSSR count). The quantitative estimate of drug-likeness (QED) is 0.666. The highest BCUT2D eigenvalue weighted by Gasteiger charge is 2.30. The SMILES string of the molecule is O=C(NCc1ccc(OC2CCN(CC3CC3)CC2)nc1)Nc1ccc(C(F)(F)F)cn1. The maximum absolute atomic E-state index is 12.6. The first kappa shape index (κ1) is 22.3. The Bertz CT molecular complexity index is 893. The second-order valence-electron chi connectivity index (χ2n) is 8.30. The predicted octanol–water partition coefficient (Wildman–Crippen LogP) is 4.07. The largest absolute Gasteiger partial charge is 0.474 e. The highest BCUT2D eigenvalue weighted by molar-refractivity contribution is 5.88. The number of aromatic nitrogens is 2. The molecule has 32 heavy (non-hydrogen) atoms. The van der Waals surface area contributed by atoms with Crippen LogP contribution in [0.5, 0.6) is 5.88 Å². The molecule has 7 nitrogen and oxygen atoms in total. The van der Waals surface area contributed by atoms with Crippen molar-refractivity contribution in [1.82, 2.24) is 20.2 Å². The summed E-state index contributed by atoms with van der Waals surface area (Å²) in [7, 11) is 0. The molecule has 2 aromatic rings. The molecule has 2 aliphatic rings. The van der Waals surface area contributed by atoms with Gasteiger partial charge in [-0.05, 0) is 49.3 Å². The fourth-order valence-electron chi connectivity index (χ4n) is 3.61. The molecule has 0 unspecified atom stereocenters. The average Bonchev–Trinajstić information content (AvgIpc) is 3.58. The Balaban J connectivity index is 1.18. The minimum atomic E-state index is -4.47. The van der Waals surface area contributed by atoms with Crippen LogP contribution in [0.4, 0.5) is 23.8 Å². The number of carbonyl (C=O) groups excluding carboxylic acids is 1. The number of ether oxygens (including phenoxy) is 1. The van der Waals surface area contributed by atoms with Crippen molar-refractivity contribution in [3.05, 3.63) is 47.8 Å². The van der Waals surface area contributed by atoms with Crippen LogP contribution in [0, 0.1) is 5.92 Å². The van der Waals surface area contributed by atoms with Gasteiger partial charge in [-0.3, -0.25) is 5.32 Å². The van der Waals surface area contributed by atoms with E-state index in [4.69, 9.17) is 4.74 Å². The standard InChI is InChI=1S/C22H26F3N5O2/c23-22(24,25)17-4-5-19(26-13-17)29-21(31)28-12-16-3-6-20(27-11-16)32-18-7-9-30(10-8-18)14-15-1-2-15/h3-6,11,13,15,18H,1-2,7-10,12,14H2,(H2,26,28,29,31). The minimum Gasteiger partial charge on any atom is -0.474 e. The Morgan fingerprint density at radius 2 is 1.84 bits per heavy atom. The molecule has 1 aliphatic carbocycles. The molecule has 172 valence electrons. The van der Waals surface area contributed by atoms with Gasteiger partial charge >= 0.3 is 12.2 Å². The third-order valence-electron chi connectivity index (χ3n) is 5.62. The van der Waals surface area contributed by atoms with Crippen molar-refractivity contribution in [2.45, 2.75) is 44.5 Å². The Hall–Kier alpha value is -2.88. The van der Waals surface area contributed by atoms with Gasteiger partial charge in [0.15, 0.2) is 0 Å². The van der Waals surface area contributed by atoms with Crippen molar-refractivity contribution in [2.24, 2.45) is 5.92 Å². The number of anilines is 1. The fraction of sp³-hybridized carbons (Fsp3) is 0.500. The van der Waals surface area contributed by atoms with Crippen LogP contribution in [0.25, 0.3) is 0 Å². The normalized spacial score (nSPS) is 17.7. The summed E-state index contributed by atoms with van der Waals surface area (Å²) < 4.78 is 43.6. The summed E-state index contributed by atoms with van der Waals surface area (Å²) in [4.78, 5) is 22.4. The van der Waals surface area contributed by atoms with E-state index in [-0.39, 0.29) is 18.5 Å². The van der Waals surface area contributed by atoms with Crippen LogP contribution in [0.1, 0.15) is 36.8 Å². The molecule has 1 aliphatic heterocycles. The van der Waals surface area contributed by atoms with Crippen molar-refractivity contribution in [2.75, 3.05) is 25.0 Å². The van der Waals surface area contributed by atoms with Crippen molar-refractivity contribution in [3.63, 3.8) is 0 Å². The molecular weight excluding hydrogens is 423 g/mol. The molecule has 0 spiro atoms. The first-order chi connectivity index (χ1) is 15.3. The second-order valence-corrected chi connectivity index (χ2v) is 8.30. The highest BCUT2D eigenvalue weighted by atomic mass is 19.4. The number of nitrogens with one attached hydrogen (secondary N) is 2. The second kappa shape index (κ2) is 9.72. The van der Waals surface area contributed by atoms with Crippen LogP contribution in [0.15, 0.2) is 36.7 Å². The zero-order chi connectivity index (χ0) is 22.6. The summed E-state index contributed by atoms with van der Waals surface area (Å²) in [6.45, 7) is 3.55. The van der Waals surface area contributed by atoms with Crippen LogP contribution >= 0.6 is 0 Å². The van der Waals surface area contributed by atoms with Crippen LogP contribution in [0.2, 0.25) is 0 Å². The van der Waals surface area contributed by atoms with Gasteiger partial charge in [0.25, 0.3) is 0 Å². The van der Waals surface area contributed by atoms with E-state index in [1.807, 2.05) is 6.07 Å². The zero-order valence-electron chi connectivity index (χ0n) is 17.6. The molecule has 1 saturated carbocycles. The van der Waals surface area contributed by atoms with E-state index in [1.165, 1.54) is 19.4 Å². The van der Waals surface area contributed by atoms with Crippen molar-refractivity contribution in [3.8, 4) is 5.88 Å². The smallest absolute Gasteiger partial charge is 0.417 e. The Morgan fingerprint density at radius 3 is 2.44 bits per heavy atom. The molecule has 0 atom stereocenters. The van der Waals surface area contributed by atoms with E-state index >= 15 is 0 Å². The van der Waals surface area contributed by atoms with Crippen LogP contribution < -0.4 is 15.4 Å². The van der Waals surface area contributed by atoms with E-state index in [0.29, 0.717) is 12.1 Å². The van der Waals surface area contributed by atoms with E-state index in [2.05, 4.69) is 25.5 Å². The van der Waals surface area contributed by atoms with Gasteiger partial charge < -0.3 is 15.0 Å². The van der Waals surface area contributed by atoms with Gasteiger partial charge in [0.05, 0.1) is 5.56 Å². The molecule has 3 heterocycles. The molecule has 2 fully saturated rings. The number of rotatable bonds is 7.